The third kappa shape index (κ3) is 8.86. The lowest BCUT2D eigenvalue weighted by Crippen LogP contribution is -2.50. The zero-order chi connectivity index (χ0) is 14.2. The third-order valence-corrected chi connectivity index (χ3v) is 3.18. The van der Waals surface area contributed by atoms with Crippen molar-refractivity contribution in [1.82, 2.24) is 15.1 Å². The maximum Gasteiger partial charge on any atom is 0.0611 e. The second-order valence-corrected chi connectivity index (χ2v) is 6.23. The van der Waals surface area contributed by atoms with Gasteiger partial charge in [-0.1, -0.05) is 13.8 Å². The highest BCUT2D eigenvalue weighted by Gasteiger charge is 2.23. The van der Waals surface area contributed by atoms with Crippen molar-refractivity contribution < 1.29 is 5.11 Å². The van der Waals surface area contributed by atoms with Gasteiger partial charge >= 0.3 is 0 Å². The lowest BCUT2D eigenvalue weighted by molar-refractivity contribution is 0.142. The maximum atomic E-state index is 9.51. The summed E-state index contributed by atoms with van der Waals surface area (Å²) < 4.78 is 0. The molecule has 0 fully saturated rings. The molecule has 18 heavy (non-hydrogen) atoms. The van der Waals surface area contributed by atoms with E-state index in [-0.39, 0.29) is 12.1 Å². The van der Waals surface area contributed by atoms with Crippen LogP contribution >= 0.6 is 0 Å². The van der Waals surface area contributed by atoms with Crippen molar-refractivity contribution >= 4 is 0 Å². The maximum absolute atomic E-state index is 9.51. The lowest BCUT2D eigenvalue weighted by atomic mass is 9.97. The predicted molar refractivity (Wildman–Crippen MR) is 79.0 cm³/mol. The molecule has 0 aliphatic carbocycles. The van der Waals surface area contributed by atoms with Crippen molar-refractivity contribution in [3.63, 3.8) is 0 Å². The highest BCUT2D eigenvalue weighted by Crippen LogP contribution is 2.10. The van der Waals surface area contributed by atoms with Crippen LogP contribution in [-0.2, 0) is 0 Å². The second kappa shape index (κ2) is 8.86. The number of hydrogen-bond donors (Lipinski definition) is 2. The van der Waals surface area contributed by atoms with Gasteiger partial charge in [0.15, 0.2) is 0 Å². The standard InChI is InChI=1S/C14H33N3O/c1-13(2)15-14(3,12-18)8-11-17(6)10-7-9-16(4)5/h13,15,18H,7-12H2,1-6H3. The summed E-state index contributed by atoms with van der Waals surface area (Å²) in [6.07, 6.45) is 2.16. The molecular weight excluding hydrogens is 226 g/mol. The van der Waals surface area contributed by atoms with Crippen molar-refractivity contribution in [2.24, 2.45) is 0 Å². The first kappa shape index (κ1) is 17.8. The average molecular weight is 259 g/mol. The molecule has 0 bridgehead atoms. The van der Waals surface area contributed by atoms with Gasteiger partial charge in [0.25, 0.3) is 0 Å². The zero-order valence-electron chi connectivity index (χ0n) is 13.2. The van der Waals surface area contributed by atoms with Gasteiger partial charge in [0, 0.05) is 11.6 Å². The summed E-state index contributed by atoms with van der Waals surface area (Å²) in [4.78, 5) is 4.56. The minimum Gasteiger partial charge on any atom is -0.394 e. The normalized spacial score (nSPS) is 15.7. The molecule has 2 N–H and O–H groups in total. The third-order valence-electron chi connectivity index (χ3n) is 3.18. The molecule has 110 valence electrons. The van der Waals surface area contributed by atoms with E-state index in [4.69, 9.17) is 0 Å². The molecule has 0 aliphatic rings. The van der Waals surface area contributed by atoms with Crippen LogP contribution < -0.4 is 5.32 Å². The van der Waals surface area contributed by atoms with E-state index in [0.717, 1.165) is 26.1 Å². The summed E-state index contributed by atoms with van der Waals surface area (Å²) in [5, 5.41) is 13.0. The topological polar surface area (TPSA) is 38.7 Å². The fourth-order valence-corrected chi connectivity index (χ4v) is 2.10. The minimum atomic E-state index is -0.163. The summed E-state index contributed by atoms with van der Waals surface area (Å²) in [6.45, 7) is 9.79. The molecule has 0 heterocycles. The zero-order valence-corrected chi connectivity index (χ0v) is 13.2. The molecule has 4 nitrogen and oxygen atoms in total. The number of nitrogens with zero attached hydrogens (tertiary/aromatic N) is 2. The van der Waals surface area contributed by atoms with E-state index in [1.807, 2.05) is 0 Å². The van der Waals surface area contributed by atoms with Crippen LogP contribution in [0.2, 0.25) is 0 Å². The van der Waals surface area contributed by atoms with E-state index in [9.17, 15) is 5.11 Å². The average Bonchev–Trinajstić information content (AvgIpc) is 2.25. The SMILES string of the molecule is CC(C)NC(C)(CO)CCN(C)CCCN(C)C. The fraction of sp³-hybridized carbons (Fsp3) is 1.00. The Labute approximate surface area is 113 Å². The second-order valence-electron chi connectivity index (χ2n) is 6.23. The quantitative estimate of drug-likeness (QED) is 0.614. The Bertz CT molecular complexity index is 209. The number of aliphatic hydroxyl groups excluding tert-OH is 1. The van der Waals surface area contributed by atoms with Crippen molar-refractivity contribution in [2.45, 2.75) is 45.2 Å². The summed E-state index contributed by atoms with van der Waals surface area (Å²) >= 11 is 0. The molecule has 1 atom stereocenters. The van der Waals surface area contributed by atoms with Crippen LogP contribution in [0.25, 0.3) is 0 Å². The van der Waals surface area contributed by atoms with Gasteiger partial charge in [-0.3, -0.25) is 0 Å². The van der Waals surface area contributed by atoms with Crippen LogP contribution in [-0.4, -0.2) is 73.9 Å². The van der Waals surface area contributed by atoms with Crippen LogP contribution in [0.15, 0.2) is 0 Å². The molecule has 0 aromatic carbocycles. The summed E-state index contributed by atoms with van der Waals surface area (Å²) in [5.41, 5.74) is -0.163. The number of aliphatic hydroxyl groups is 1. The monoisotopic (exact) mass is 259 g/mol. The smallest absolute Gasteiger partial charge is 0.0611 e. The summed E-state index contributed by atoms with van der Waals surface area (Å²) in [5.74, 6) is 0. The van der Waals surface area contributed by atoms with Gasteiger partial charge in [0.05, 0.1) is 6.61 Å². The Kier molecular flexibility index (Phi) is 8.78. The van der Waals surface area contributed by atoms with Crippen molar-refractivity contribution in [1.29, 1.82) is 0 Å². The Hall–Kier alpha value is -0.160. The van der Waals surface area contributed by atoms with E-state index < -0.39 is 0 Å². The van der Waals surface area contributed by atoms with Crippen molar-refractivity contribution in [3.8, 4) is 0 Å². The molecule has 0 saturated heterocycles. The van der Waals surface area contributed by atoms with Crippen LogP contribution in [0, 0.1) is 0 Å². The van der Waals surface area contributed by atoms with Crippen LogP contribution in [0.5, 0.6) is 0 Å². The molecule has 0 saturated carbocycles. The number of hydrogen-bond acceptors (Lipinski definition) is 4. The van der Waals surface area contributed by atoms with E-state index in [1.54, 1.807) is 0 Å². The first-order valence-corrected chi connectivity index (χ1v) is 7.01. The Morgan fingerprint density at radius 1 is 1.11 bits per heavy atom. The molecule has 0 aromatic rings. The van der Waals surface area contributed by atoms with E-state index in [2.05, 4.69) is 57.0 Å². The van der Waals surface area contributed by atoms with Crippen molar-refractivity contribution in [2.75, 3.05) is 47.4 Å². The number of rotatable bonds is 10. The molecule has 0 aromatic heterocycles. The minimum absolute atomic E-state index is 0.163. The van der Waals surface area contributed by atoms with Gasteiger partial charge in [-0.25, -0.2) is 0 Å². The van der Waals surface area contributed by atoms with Crippen LogP contribution in [0.3, 0.4) is 0 Å². The molecular formula is C14H33N3O. The van der Waals surface area contributed by atoms with Crippen LogP contribution in [0.1, 0.15) is 33.6 Å². The van der Waals surface area contributed by atoms with Gasteiger partial charge < -0.3 is 20.2 Å². The lowest BCUT2D eigenvalue weighted by Gasteiger charge is -2.33. The van der Waals surface area contributed by atoms with Gasteiger partial charge in [-0.2, -0.15) is 0 Å². The Morgan fingerprint density at radius 2 is 1.72 bits per heavy atom. The molecule has 1 unspecified atom stereocenters. The van der Waals surface area contributed by atoms with E-state index in [0.29, 0.717) is 6.04 Å². The molecule has 0 amide bonds. The Balaban J connectivity index is 3.89. The van der Waals surface area contributed by atoms with Gasteiger partial charge in [0.2, 0.25) is 0 Å². The largest absolute Gasteiger partial charge is 0.394 e. The van der Waals surface area contributed by atoms with Crippen molar-refractivity contribution in [3.05, 3.63) is 0 Å². The fourth-order valence-electron chi connectivity index (χ4n) is 2.10. The molecule has 4 heteroatoms. The molecule has 0 spiro atoms. The van der Waals surface area contributed by atoms with Gasteiger partial charge in [0.1, 0.15) is 0 Å². The van der Waals surface area contributed by atoms with E-state index >= 15 is 0 Å². The molecule has 0 aliphatic heterocycles. The molecule has 0 rings (SSSR count). The summed E-state index contributed by atoms with van der Waals surface area (Å²) in [6, 6.07) is 0.404. The number of nitrogens with one attached hydrogen (secondary N) is 1. The van der Waals surface area contributed by atoms with Gasteiger partial charge in [-0.05, 0) is 60.5 Å². The van der Waals surface area contributed by atoms with Crippen LogP contribution in [0.4, 0.5) is 0 Å². The summed E-state index contributed by atoms with van der Waals surface area (Å²) in [7, 11) is 6.37. The molecule has 0 radical (unpaired) electrons. The van der Waals surface area contributed by atoms with Gasteiger partial charge in [-0.15, -0.1) is 0 Å². The predicted octanol–water partition coefficient (Wildman–Crippen LogP) is 1.01. The first-order valence-electron chi connectivity index (χ1n) is 7.01. The highest BCUT2D eigenvalue weighted by atomic mass is 16.3. The van der Waals surface area contributed by atoms with E-state index in [1.165, 1.54) is 6.42 Å². The Morgan fingerprint density at radius 3 is 2.17 bits per heavy atom. The highest BCUT2D eigenvalue weighted by molar-refractivity contribution is 4.84. The first-order chi connectivity index (χ1) is 8.29.